The zero-order valence-corrected chi connectivity index (χ0v) is 11.3. The average molecular weight is 261 g/mol. The first-order valence-electron chi connectivity index (χ1n) is 6.18. The van der Waals surface area contributed by atoms with Gasteiger partial charge in [-0.3, -0.25) is 0 Å². The molecule has 0 saturated heterocycles. The Bertz CT molecular complexity index is 597. The molecule has 2 N–H and O–H groups in total. The second kappa shape index (κ2) is 5.10. The van der Waals surface area contributed by atoms with E-state index in [9.17, 15) is 8.78 Å². The molecule has 0 aromatic heterocycles. The summed E-state index contributed by atoms with van der Waals surface area (Å²) in [6, 6.07) is 6.72. The Hall–Kier alpha value is -1.74. The maximum atomic E-state index is 13.8. The van der Waals surface area contributed by atoms with Crippen LogP contribution < -0.4 is 5.73 Å². The van der Waals surface area contributed by atoms with E-state index in [0.717, 1.165) is 34.4 Å². The summed E-state index contributed by atoms with van der Waals surface area (Å²) in [5.41, 5.74) is 10.3. The fraction of sp³-hybridized carbons (Fsp3) is 0.250. The Labute approximate surface area is 112 Å². The van der Waals surface area contributed by atoms with E-state index < -0.39 is 17.7 Å². The van der Waals surface area contributed by atoms with Crippen molar-refractivity contribution in [3.05, 3.63) is 69.8 Å². The third-order valence-electron chi connectivity index (χ3n) is 3.34. The lowest BCUT2D eigenvalue weighted by molar-refractivity contribution is 0.576. The van der Waals surface area contributed by atoms with Crippen molar-refractivity contribution < 1.29 is 8.78 Å². The van der Waals surface area contributed by atoms with Gasteiger partial charge in [-0.15, -0.1) is 0 Å². The van der Waals surface area contributed by atoms with Crippen LogP contribution >= 0.6 is 0 Å². The van der Waals surface area contributed by atoms with E-state index in [1.165, 1.54) is 6.07 Å². The van der Waals surface area contributed by atoms with E-state index in [-0.39, 0.29) is 5.56 Å². The maximum absolute atomic E-state index is 13.8. The molecule has 0 saturated carbocycles. The molecule has 0 aliphatic rings. The fourth-order valence-corrected chi connectivity index (χ4v) is 2.59. The molecule has 0 aliphatic heterocycles. The highest BCUT2D eigenvalue weighted by molar-refractivity contribution is 5.44. The summed E-state index contributed by atoms with van der Waals surface area (Å²) in [6.45, 7) is 5.87. The smallest absolute Gasteiger partial charge is 0.128 e. The van der Waals surface area contributed by atoms with E-state index >= 15 is 0 Å². The monoisotopic (exact) mass is 261 g/mol. The normalized spacial score (nSPS) is 12.5. The highest BCUT2D eigenvalue weighted by atomic mass is 19.1. The first-order chi connectivity index (χ1) is 8.90. The van der Waals surface area contributed by atoms with E-state index in [0.29, 0.717) is 0 Å². The Kier molecular flexibility index (Phi) is 3.67. The van der Waals surface area contributed by atoms with Crippen molar-refractivity contribution in [1.29, 1.82) is 0 Å². The Morgan fingerprint density at radius 1 is 0.947 bits per heavy atom. The molecule has 3 heteroatoms. The van der Waals surface area contributed by atoms with Crippen molar-refractivity contribution >= 4 is 0 Å². The number of hydrogen-bond donors (Lipinski definition) is 1. The van der Waals surface area contributed by atoms with Gasteiger partial charge in [0.05, 0.1) is 6.04 Å². The van der Waals surface area contributed by atoms with Gasteiger partial charge in [-0.05, 0) is 55.7 Å². The van der Waals surface area contributed by atoms with Crippen LogP contribution in [-0.2, 0) is 0 Å². The van der Waals surface area contributed by atoms with Gasteiger partial charge in [-0.2, -0.15) is 0 Å². The van der Waals surface area contributed by atoms with Crippen LogP contribution in [0.4, 0.5) is 8.78 Å². The summed E-state index contributed by atoms with van der Waals surface area (Å²) in [5, 5.41) is 0. The molecule has 19 heavy (non-hydrogen) atoms. The average Bonchev–Trinajstić information content (AvgIpc) is 2.30. The van der Waals surface area contributed by atoms with Gasteiger partial charge in [-0.1, -0.05) is 17.7 Å². The first kappa shape index (κ1) is 13.7. The molecule has 0 fully saturated rings. The van der Waals surface area contributed by atoms with Crippen LogP contribution in [-0.4, -0.2) is 0 Å². The van der Waals surface area contributed by atoms with Gasteiger partial charge in [0, 0.05) is 5.56 Å². The molecular formula is C16H17F2N. The lowest BCUT2D eigenvalue weighted by atomic mass is 9.90. The SMILES string of the molecule is Cc1cc(C)c(C(N)c2cc(F)ccc2F)c(C)c1. The van der Waals surface area contributed by atoms with Gasteiger partial charge in [0.25, 0.3) is 0 Å². The van der Waals surface area contributed by atoms with E-state index in [4.69, 9.17) is 5.73 Å². The number of nitrogens with two attached hydrogens (primary N) is 1. The molecule has 0 bridgehead atoms. The summed E-state index contributed by atoms with van der Waals surface area (Å²) in [7, 11) is 0. The number of aryl methyl sites for hydroxylation is 3. The van der Waals surface area contributed by atoms with E-state index in [1.807, 2.05) is 32.9 Å². The van der Waals surface area contributed by atoms with Crippen LogP contribution in [0.15, 0.2) is 30.3 Å². The number of halogens is 2. The predicted octanol–water partition coefficient (Wildman–Crippen LogP) is 3.94. The van der Waals surface area contributed by atoms with Crippen LogP contribution in [0.3, 0.4) is 0 Å². The summed E-state index contributed by atoms with van der Waals surface area (Å²) < 4.78 is 27.1. The largest absolute Gasteiger partial charge is 0.320 e. The van der Waals surface area contributed by atoms with Crippen molar-refractivity contribution in [3.8, 4) is 0 Å². The minimum atomic E-state index is -0.656. The summed E-state index contributed by atoms with van der Waals surface area (Å²) in [6.07, 6.45) is 0. The van der Waals surface area contributed by atoms with Crippen LogP contribution in [0.5, 0.6) is 0 Å². The van der Waals surface area contributed by atoms with Crippen LogP contribution in [0.25, 0.3) is 0 Å². The van der Waals surface area contributed by atoms with Crippen LogP contribution in [0, 0.1) is 32.4 Å². The third kappa shape index (κ3) is 2.66. The molecule has 100 valence electrons. The van der Waals surface area contributed by atoms with Crippen molar-refractivity contribution in [2.75, 3.05) is 0 Å². The number of benzene rings is 2. The Morgan fingerprint density at radius 3 is 2.11 bits per heavy atom. The molecule has 2 aromatic carbocycles. The van der Waals surface area contributed by atoms with Gasteiger partial charge in [-0.25, -0.2) is 8.78 Å². The molecule has 0 radical (unpaired) electrons. The van der Waals surface area contributed by atoms with Gasteiger partial charge >= 0.3 is 0 Å². The molecular weight excluding hydrogens is 244 g/mol. The van der Waals surface area contributed by atoms with Gasteiger partial charge in [0.2, 0.25) is 0 Å². The highest BCUT2D eigenvalue weighted by Crippen LogP contribution is 2.28. The zero-order chi connectivity index (χ0) is 14.2. The van der Waals surface area contributed by atoms with Crippen molar-refractivity contribution in [2.45, 2.75) is 26.8 Å². The predicted molar refractivity (Wildman–Crippen MR) is 73.0 cm³/mol. The van der Waals surface area contributed by atoms with Gasteiger partial charge in [0.15, 0.2) is 0 Å². The number of hydrogen-bond acceptors (Lipinski definition) is 1. The van der Waals surface area contributed by atoms with E-state index in [1.54, 1.807) is 0 Å². The Balaban J connectivity index is 2.56. The second-order valence-corrected chi connectivity index (χ2v) is 4.96. The van der Waals surface area contributed by atoms with Gasteiger partial charge in [0.1, 0.15) is 11.6 Å². The molecule has 2 aromatic rings. The molecule has 0 amide bonds. The lowest BCUT2D eigenvalue weighted by Gasteiger charge is -2.19. The Morgan fingerprint density at radius 2 is 1.53 bits per heavy atom. The maximum Gasteiger partial charge on any atom is 0.128 e. The van der Waals surface area contributed by atoms with Crippen molar-refractivity contribution in [3.63, 3.8) is 0 Å². The molecule has 0 heterocycles. The fourth-order valence-electron chi connectivity index (χ4n) is 2.59. The minimum Gasteiger partial charge on any atom is -0.320 e. The van der Waals surface area contributed by atoms with Crippen LogP contribution in [0.1, 0.15) is 33.9 Å². The highest BCUT2D eigenvalue weighted by Gasteiger charge is 2.18. The molecule has 1 unspecified atom stereocenters. The molecule has 0 aliphatic carbocycles. The van der Waals surface area contributed by atoms with Crippen LogP contribution in [0.2, 0.25) is 0 Å². The molecule has 0 spiro atoms. The number of rotatable bonds is 2. The summed E-state index contributed by atoms with van der Waals surface area (Å²) in [4.78, 5) is 0. The minimum absolute atomic E-state index is 0.190. The lowest BCUT2D eigenvalue weighted by Crippen LogP contribution is -2.17. The molecule has 1 atom stereocenters. The van der Waals surface area contributed by atoms with Gasteiger partial charge < -0.3 is 5.73 Å². The first-order valence-corrected chi connectivity index (χ1v) is 6.18. The standard InChI is InChI=1S/C16H17F2N/c1-9-6-10(2)15(11(3)7-9)16(19)13-8-12(17)4-5-14(13)18/h4-8,16H,19H2,1-3H3. The van der Waals surface area contributed by atoms with Crippen molar-refractivity contribution in [2.24, 2.45) is 5.73 Å². The zero-order valence-electron chi connectivity index (χ0n) is 11.3. The molecule has 2 rings (SSSR count). The topological polar surface area (TPSA) is 26.0 Å². The summed E-state index contributed by atoms with van der Waals surface area (Å²) in [5.74, 6) is -0.956. The quantitative estimate of drug-likeness (QED) is 0.870. The van der Waals surface area contributed by atoms with E-state index in [2.05, 4.69) is 0 Å². The second-order valence-electron chi connectivity index (χ2n) is 4.96. The summed E-state index contributed by atoms with van der Waals surface area (Å²) >= 11 is 0. The third-order valence-corrected chi connectivity index (χ3v) is 3.34. The molecule has 1 nitrogen and oxygen atoms in total. The van der Waals surface area contributed by atoms with Crippen molar-refractivity contribution in [1.82, 2.24) is 0 Å².